The van der Waals surface area contributed by atoms with E-state index in [4.69, 9.17) is 14.5 Å². The maximum Gasteiger partial charge on any atom is 0.194 e. The van der Waals surface area contributed by atoms with E-state index in [2.05, 4.69) is 29.0 Å². The topological polar surface area (TPSA) is 59.0 Å². The maximum atomic E-state index is 5.64. The highest BCUT2D eigenvalue weighted by molar-refractivity contribution is 5.80. The first kappa shape index (κ1) is 18.0. The summed E-state index contributed by atoms with van der Waals surface area (Å²) in [5, 5.41) is 3.44. The molecule has 0 saturated carbocycles. The van der Waals surface area contributed by atoms with Gasteiger partial charge in [0.05, 0.1) is 26.0 Å². The Morgan fingerprint density at radius 1 is 1.44 bits per heavy atom. The molecular formula is C19H30N4O2. The summed E-state index contributed by atoms with van der Waals surface area (Å²) in [6.45, 7) is 11.5. The molecule has 6 heteroatoms. The van der Waals surface area contributed by atoms with E-state index in [9.17, 15) is 0 Å². The van der Waals surface area contributed by atoms with E-state index < -0.39 is 0 Å². The first-order valence-electron chi connectivity index (χ1n) is 9.18. The second kappa shape index (κ2) is 7.60. The van der Waals surface area contributed by atoms with Gasteiger partial charge in [-0.3, -0.25) is 4.98 Å². The Morgan fingerprint density at radius 3 is 2.96 bits per heavy atom. The van der Waals surface area contributed by atoms with Gasteiger partial charge in [-0.2, -0.15) is 0 Å². The quantitative estimate of drug-likeness (QED) is 0.669. The van der Waals surface area contributed by atoms with Crippen LogP contribution in [-0.4, -0.2) is 55.8 Å². The molecule has 0 aliphatic carbocycles. The van der Waals surface area contributed by atoms with Gasteiger partial charge in [0.1, 0.15) is 5.75 Å². The standard InChI is InChI=1S/C19H30N4O2/c1-5-20-18(23-8-6-19(12-23)7-9-25-13-19)22-11-16-15(3)17(24-4)14(2)10-21-16/h10H,5-9,11-13H2,1-4H3,(H,20,22). The van der Waals surface area contributed by atoms with Crippen molar-refractivity contribution in [2.75, 3.05) is 40.0 Å². The summed E-state index contributed by atoms with van der Waals surface area (Å²) in [5.74, 6) is 1.89. The van der Waals surface area contributed by atoms with E-state index in [-0.39, 0.29) is 0 Å². The maximum absolute atomic E-state index is 5.64. The number of nitrogens with one attached hydrogen (secondary N) is 1. The van der Waals surface area contributed by atoms with Gasteiger partial charge in [0.25, 0.3) is 0 Å². The monoisotopic (exact) mass is 346 g/mol. The first-order chi connectivity index (χ1) is 12.1. The van der Waals surface area contributed by atoms with Crippen molar-refractivity contribution in [1.82, 2.24) is 15.2 Å². The highest BCUT2D eigenvalue weighted by Gasteiger charge is 2.42. The van der Waals surface area contributed by atoms with Gasteiger partial charge in [-0.15, -0.1) is 0 Å². The summed E-state index contributed by atoms with van der Waals surface area (Å²) >= 11 is 0. The predicted molar refractivity (Wildman–Crippen MR) is 99.1 cm³/mol. The molecule has 0 aromatic carbocycles. The first-order valence-corrected chi connectivity index (χ1v) is 9.18. The molecule has 3 rings (SSSR count). The molecule has 0 radical (unpaired) electrons. The van der Waals surface area contributed by atoms with Crippen LogP contribution in [0.5, 0.6) is 5.75 Å². The second-order valence-electron chi connectivity index (χ2n) is 7.19. The van der Waals surface area contributed by atoms with Crippen LogP contribution in [0.2, 0.25) is 0 Å². The number of hydrogen-bond donors (Lipinski definition) is 1. The molecule has 1 N–H and O–H groups in total. The number of nitrogens with zero attached hydrogens (tertiary/aromatic N) is 3. The van der Waals surface area contributed by atoms with Gasteiger partial charge in [0, 0.05) is 49.0 Å². The Kier molecular flexibility index (Phi) is 5.47. The minimum Gasteiger partial charge on any atom is -0.496 e. The molecule has 0 bridgehead atoms. The predicted octanol–water partition coefficient (Wildman–Crippen LogP) is 2.28. The number of rotatable bonds is 4. The smallest absolute Gasteiger partial charge is 0.194 e. The highest BCUT2D eigenvalue weighted by Crippen LogP contribution is 2.38. The molecule has 2 aliphatic rings. The second-order valence-corrected chi connectivity index (χ2v) is 7.19. The van der Waals surface area contributed by atoms with E-state index in [1.165, 1.54) is 12.8 Å². The number of methoxy groups -OCH3 is 1. The Labute approximate surface area is 150 Å². The third-order valence-corrected chi connectivity index (χ3v) is 5.39. The molecule has 138 valence electrons. The van der Waals surface area contributed by atoms with Crippen molar-refractivity contribution in [1.29, 1.82) is 0 Å². The average molecular weight is 346 g/mol. The van der Waals surface area contributed by atoms with Gasteiger partial charge in [0.15, 0.2) is 5.96 Å². The molecule has 2 fully saturated rings. The fourth-order valence-electron chi connectivity index (χ4n) is 3.89. The van der Waals surface area contributed by atoms with E-state index in [1.807, 2.05) is 13.1 Å². The molecule has 1 unspecified atom stereocenters. The SMILES string of the molecule is CCNC(=NCc1ncc(C)c(OC)c1C)N1CCC2(CCOC2)C1. The zero-order valence-corrected chi connectivity index (χ0v) is 15.9. The van der Waals surface area contributed by atoms with Gasteiger partial charge in [0.2, 0.25) is 0 Å². The number of pyridine rings is 1. The normalized spacial score (nSPS) is 23.5. The molecule has 25 heavy (non-hydrogen) atoms. The lowest BCUT2D eigenvalue weighted by molar-refractivity contribution is 0.156. The lowest BCUT2D eigenvalue weighted by atomic mass is 9.87. The number of aryl methyl sites for hydroxylation is 1. The minimum absolute atomic E-state index is 0.331. The third-order valence-electron chi connectivity index (χ3n) is 5.39. The van der Waals surface area contributed by atoms with Gasteiger partial charge in [-0.25, -0.2) is 4.99 Å². The molecule has 1 spiro atoms. The van der Waals surface area contributed by atoms with Crippen molar-refractivity contribution in [3.8, 4) is 5.75 Å². The van der Waals surface area contributed by atoms with Gasteiger partial charge >= 0.3 is 0 Å². The molecule has 2 aliphatic heterocycles. The molecule has 0 amide bonds. The Hall–Kier alpha value is -1.82. The van der Waals surface area contributed by atoms with Crippen LogP contribution in [0, 0.1) is 19.3 Å². The van der Waals surface area contributed by atoms with Crippen LogP contribution < -0.4 is 10.1 Å². The molecule has 6 nitrogen and oxygen atoms in total. The van der Waals surface area contributed by atoms with Crippen molar-refractivity contribution in [2.24, 2.45) is 10.4 Å². The summed E-state index contributed by atoms with van der Waals surface area (Å²) in [5.41, 5.74) is 3.43. The van der Waals surface area contributed by atoms with Crippen molar-refractivity contribution in [3.05, 3.63) is 23.0 Å². The zero-order chi connectivity index (χ0) is 17.9. The minimum atomic E-state index is 0.331. The number of hydrogen-bond acceptors (Lipinski definition) is 4. The van der Waals surface area contributed by atoms with E-state index in [0.717, 1.165) is 61.4 Å². The fraction of sp³-hybridized carbons (Fsp3) is 0.684. The summed E-state index contributed by atoms with van der Waals surface area (Å²) in [7, 11) is 1.71. The van der Waals surface area contributed by atoms with Crippen molar-refractivity contribution in [2.45, 2.75) is 40.2 Å². The van der Waals surface area contributed by atoms with E-state index >= 15 is 0 Å². The van der Waals surface area contributed by atoms with E-state index in [0.29, 0.717) is 12.0 Å². The van der Waals surface area contributed by atoms with Crippen LogP contribution in [0.25, 0.3) is 0 Å². The average Bonchev–Trinajstić information content (AvgIpc) is 3.24. The zero-order valence-electron chi connectivity index (χ0n) is 15.9. The summed E-state index contributed by atoms with van der Waals surface area (Å²) in [6.07, 6.45) is 4.22. The number of aromatic nitrogens is 1. The molecular weight excluding hydrogens is 316 g/mol. The van der Waals surface area contributed by atoms with Crippen LogP contribution in [-0.2, 0) is 11.3 Å². The summed E-state index contributed by atoms with van der Waals surface area (Å²) in [4.78, 5) is 11.8. The lowest BCUT2D eigenvalue weighted by Crippen LogP contribution is -2.41. The van der Waals surface area contributed by atoms with Gasteiger partial charge in [-0.1, -0.05) is 0 Å². The summed E-state index contributed by atoms with van der Waals surface area (Å²) < 4.78 is 11.1. The van der Waals surface area contributed by atoms with Gasteiger partial charge < -0.3 is 19.7 Å². The molecule has 3 heterocycles. The number of guanidine groups is 1. The van der Waals surface area contributed by atoms with Crippen LogP contribution in [0.1, 0.15) is 36.6 Å². The number of aliphatic imine (C=N–C) groups is 1. The molecule has 1 aromatic heterocycles. The Balaban J connectivity index is 1.75. The van der Waals surface area contributed by atoms with Gasteiger partial charge in [-0.05, 0) is 33.6 Å². The van der Waals surface area contributed by atoms with Crippen LogP contribution in [0.15, 0.2) is 11.2 Å². The molecule has 1 aromatic rings. The third kappa shape index (κ3) is 3.73. The number of ether oxygens (including phenoxy) is 2. The van der Waals surface area contributed by atoms with E-state index in [1.54, 1.807) is 7.11 Å². The largest absolute Gasteiger partial charge is 0.496 e. The lowest BCUT2D eigenvalue weighted by Gasteiger charge is -2.25. The van der Waals surface area contributed by atoms with Crippen molar-refractivity contribution < 1.29 is 9.47 Å². The highest BCUT2D eigenvalue weighted by atomic mass is 16.5. The summed E-state index contributed by atoms with van der Waals surface area (Å²) in [6, 6.07) is 0. The Bertz CT molecular complexity index is 639. The molecule has 2 saturated heterocycles. The fourth-order valence-corrected chi connectivity index (χ4v) is 3.89. The van der Waals surface area contributed by atoms with Crippen molar-refractivity contribution >= 4 is 5.96 Å². The van der Waals surface area contributed by atoms with Crippen molar-refractivity contribution in [3.63, 3.8) is 0 Å². The Morgan fingerprint density at radius 2 is 2.28 bits per heavy atom. The number of likely N-dealkylation sites (tertiary alicyclic amines) is 1. The van der Waals surface area contributed by atoms with Crippen LogP contribution in [0.3, 0.4) is 0 Å². The van der Waals surface area contributed by atoms with Crippen LogP contribution >= 0.6 is 0 Å². The molecule has 1 atom stereocenters. The van der Waals surface area contributed by atoms with Crippen LogP contribution in [0.4, 0.5) is 0 Å².